The first-order valence-corrected chi connectivity index (χ1v) is 8.16. The highest BCUT2D eigenvalue weighted by molar-refractivity contribution is 5.95. The number of carbonyl (C=O) groups excluding carboxylic acids is 2. The molecule has 0 bridgehead atoms. The first-order chi connectivity index (χ1) is 13.1. The number of hydrogen-bond acceptors (Lipinski definition) is 7. The number of hydrogen-bond donors (Lipinski definition) is 1. The fourth-order valence-electron chi connectivity index (χ4n) is 2.42. The molecule has 1 aliphatic heterocycles. The molecule has 140 valence electrons. The van der Waals surface area contributed by atoms with E-state index in [1.54, 1.807) is 36.4 Å². The highest BCUT2D eigenvalue weighted by atomic mass is 16.6. The number of amides is 1. The molecule has 1 N–H and O–H groups in total. The molecule has 0 unspecified atom stereocenters. The smallest absolute Gasteiger partial charge is 0.308 e. The maximum Gasteiger partial charge on any atom is 0.308 e. The van der Waals surface area contributed by atoms with E-state index in [0.29, 0.717) is 47.3 Å². The molecule has 2 aromatic rings. The van der Waals surface area contributed by atoms with Gasteiger partial charge in [-0.15, -0.1) is 0 Å². The van der Waals surface area contributed by atoms with E-state index < -0.39 is 5.97 Å². The van der Waals surface area contributed by atoms with Gasteiger partial charge in [0, 0.05) is 12.5 Å². The first-order valence-electron chi connectivity index (χ1n) is 8.16. The van der Waals surface area contributed by atoms with Crippen LogP contribution < -0.4 is 24.4 Å². The average molecular weight is 370 g/mol. The number of benzene rings is 2. The average Bonchev–Trinajstić information content (AvgIpc) is 2.68. The van der Waals surface area contributed by atoms with Crippen LogP contribution in [0.2, 0.25) is 0 Å². The number of rotatable bonds is 5. The Balaban J connectivity index is 1.66. The van der Waals surface area contributed by atoms with E-state index >= 15 is 0 Å². The summed E-state index contributed by atoms with van der Waals surface area (Å²) in [5.74, 6) is 1.01. The molecule has 0 fully saturated rings. The van der Waals surface area contributed by atoms with Crippen molar-refractivity contribution in [3.05, 3.63) is 47.5 Å². The molecule has 3 rings (SSSR count). The van der Waals surface area contributed by atoms with Gasteiger partial charge in [-0.05, 0) is 42.0 Å². The third-order valence-electron chi connectivity index (χ3n) is 3.63. The Bertz CT molecular complexity index is 894. The number of ether oxygens (including phenoxy) is 4. The Labute approximate surface area is 155 Å². The van der Waals surface area contributed by atoms with Gasteiger partial charge in [-0.25, -0.2) is 5.43 Å². The molecule has 0 spiro atoms. The number of fused-ring (bicyclic) bond motifs is 1. The van der Waals surface area contributed by atoms with E-state index in [0.717, 1.165) is 0 Å². The maximum absolute atomic E-state index is 12.2. The summed E-state index contributed by atoms with van der Waals surface area (Å²) in [5, 5.41) is 3.94. The van der Waals surface area contributed by atoms with Crippen molar-refractivity contribution in [1.29, 1.82) is 0 Å². The standard InChI is InChI=1S/C19H18N2O6/c1-12(22)27-16-5-3-13(9-17(16)24-2)11-20-21-19(23)14-4-6-15-18(10-14)26-8-7-25-15/h3-6,9-11H,7-8H2,1-2H3,(H,21,23)/b20-11-. The van der Waals surface area contributed by atoms with Crippen molar-refractivity contribution in [1.82, 2.24) is 5.43 Å². The van der Waals surface area contributed by atoms with Crippen LogP contribution >= 0.6 is 0 Å². The molecule has 1 amide bonds. The van der Waals surface area contributed by atoms with Crippen molar-refractivity contribution in [2.75, 3.05) is 20.3 Å². The molecular formula is C19H18N2O6. The van der Waals surface area contributed by atoms with Gasteiger partial charge in [0.1, 0.15) is 13.2 Å². The fraction of sp³-hybridized carbons (Fsp3) is 0.211. The molecule has 2 aromatic carbocycles. The van der Waals surface area contributed by atoms with Crippen molar-refractivity contribution >= 4 is 18.1 Å². The van der Waals surface area contributed by atoms with Crippen LogP contribution in [0.25, 0.3) is 0 Å². The van der Waals surface area contributed by atoms with Crippen LogP contribution in [-0.2, 0) is 4.79 Å². The highest BCUT2D eigenvalue weighted by Gasteiger charge is 2.14. The van der Waals surface area contributed by atoms with Crippen molar-refractivity contribution in [3.63, 3.8) is 0 Å². The van der Waals surface area contributed by atoms with E-state index in [2.05, 4.69) is 10.5 Å². The predicted molar refractivity (Wildman–Crippen MR) is 96.8 cm³/mol. The minimum absolute atomic E-state index is 0.308. The number of hydrazone groups is 1. The Hall–Kier alpha value is -3.55. The van der Waals surface area contributed by atoms with Crippen LogP contribution in [0.4, 0.5) is 0 Å². The largest absolute Gasteiger partial charge is 0.493 e. The Morgan fingerprint density at radius 2 is 1.85 bits per heavy atom. The number of nitrogens with one attached hydrogen (secondary N) is 1. The molecule has 1 aliphatic rings. The lowest BCUT2D eigenvalue weighted by molar-refractivity contribution is -0.132. The van der Waals surface area contributed by atoms with Gasteiger partial charge in [0.05, 0.1) is 13.3 Å². The van der Waals surface area contributed by atoms with E-state index in [1.807, 2.05) is 0 Å². The summed E-state index contributed by atoms with van der Waals surface area (Å²) in [6.45, 7) is 2.24. The van der Waals surface area contributed by atoms with Crippen molar-refractivity contribution in [2.24, 2.45) is 5.10 Å². The summed E-state index contributed by atoms with van der Waals surface area (Å²) in [5.41, 5.74) is 3.51. The topological polar surface area (TPSA) is 95.5 Å². The van der Waals surface area contributed by atoms with Gasteiger partial charge >= 0.3 is 5.97 Å². The quantitative estimate of drug-likeness (QED) is 0.375. The molecule has 1 heterocycles. The van der Waals surface area contributed by atoms with Gasteiger partial charge in [-0.3, -0.25) is 9.59 Å². The SMILES string of the molecule is COc1cc(/C=N\NC(=O)c2ccc3c(c2)OCCO3)ccc1OC(C)=O. The zero-order chi connectivity index (χ0) is 19.2. The Morgan fingerprint density at radius 1 is 1.07 bits per heavy atom. The van der Waals surface area contributed by atoms with Crippen LogP contribution in [0.15, 0.2) is 41.5 Å². The second-order valence-electron chi connectivity index (χ2n) is 5.56. The molecule has 0 atom stereocenters. The Morgan fingerprint density at radius 3 is 2.59 bits per heavy atom. The molecular weight excluding hydrogens is 352 g/mol. The van der Waals surface area contributed by atoms with Crippen LogP contribution in [0, 0.1) is 0 Å². The van der Waals surface area contributed by atoms with Crippen LogP contribution in [-0.4, -0.2) is 38.4 Å². The van der Waals surface area contributed by atoms with Crippen molar-refractivity contribution in [3.8, 4) is 23.0 Å². The number of carbonyl (C=O) groups is 2. The Kier molecular flexibility index (Phi) is 5.55. The summed E-state index contributed by atoms with van der Waals surface area (Å²) in [4.78, 5) is 23.3. The molecule has 27 heavy (non-hydrogen) atoms. The van der Waals surface area contributed by atoms with Crippen molar-refractivity contribution in [2.45, 2.75) is 6.92 Å². The van der Waals surface area contributed by atoms with E-state index in [-0.39, 0.29) is 5.91 Å². The zero-order valence-electron chi connectivity index (χ0n) is 14.9. The van der Waals surface area contributed by atoms with Crippen molar-refractivity contribution < 1.29 is 28.5 Å². The fourth-order valence-corrected chi connectivity index (χ4v) is 2.42. The van der Waals surface area contributed by atoms with Gasteiger partial charge in [0.2, 0.25) is 0 Å². The van der Waals surface area contributed by atoms with Gasteiger partial charge < -0.3 is 18.9 Å². The normalized spacial score (nSPS) is 12.5. The van der Waals surface area contributed by atoms with Gasteiger partial charge in [0.25, 0.3) is 5.91 Å². The highest BCUT2D eigenvalue weighted by Crippen LogP contribution is 2.30. The van der Waals surface area contributed by atoms with Gasteiger partial charge in [0.15, 0.2) is 23.0 Å². The maximum atomic E-state index is 12.2. The molecule has 0 aliphatic carbocycles. The monoisotopic (exact) mass is 370 g/mol. The predicted octanol–water partition coefficient (Wildman–Crippen LogP) is 2.16. The van der Waals surface area contributed by atoms with Gasteiger partial charge in [-0.1, -0.05) is 0 Å². The first kappa shape index (κ1) is 18.2. The minimum atomic E-state index is -0.443. The van der Waals surface area contributed by atoms with Crippen LogP contribution in [0.3, 0.4) is 0 Å². The third kappa shape index (κ3) is 4.55. The van der Waals surface area contributed by atoms with Crippen LogP contribution in [0.1, 0.15) is 22.8 Å². The summed E-state index contributed by atoms with van der Waals surface area (Å²) >= 11 is 0. The number of esters is 1. The molecule has 8 heteroatoms. The summed E-state index contributed by atoms with van der Waals surface area (Å²) < 4.78 is 21.1. The minimum Gasteiger partial charge on any atom is -0.493 e. The molecule has 0 saturated heterocycles. The number of methoxy groups -OCH3 is 1. The van der Waals surface area contributed by atoms with Gasteiger partial charge in [-0.2, -0.15) is 5.10 Å². The summed E-state index contributed by atoms with van der Waals surface area (Å²) in [6.07, 6.45) is 1.45. The summed E-state index contributed by atoms with van der Waals surface area (Å²) in [6, 6.07) is 9.83. The number of nitrogens with zero attached hydrogens (tertiary/aromatic N) is 1. The second kappa shape index (κ2) is 8.22. The molecule has 0 radical (unpaired) electrons. The molecule has 0 aromatic heterocycles. The zero-order valence-corrected chi connectivity index (χ0v) is 14.9. The third-order valence-corrected chi connectivity index (χ3v) is 3.63. The lowest BCUT2D eigenvalue weighted by Gasteiger charge is -2.18. The molecule has 8 nitrogen and oxygen atoms in total. The summed E-state index contributed by atoms with van der Waals surface area (Å²) in [7, 11) is 1.47. The lowest BCUT2D eigenvalue weighted by atomic mass is 10.2. The van der Waals surface area contributed by atoms with E-state index in [4.69, 9.17) is 18.9 Å². The lowest BCUT2D eigenvalue weighted by Crippen LogP contribution is -2.19. The van der Waals surface area contributed by atoms with E-state index in [1.165, 1.54) is 20.2 Å². The molecule has 0 saturated carbocycles. The van der Waals surface area contributed by atoms with Crippen LogP contribution in [0.5, 0.6) is 23.0 Å². The second-order valence-corrected chi connectivity index (χ2v) is 5.56. The van der Waals surface area contributed by atoms with E-state index in [9.17, 15) is 9.59 Å².